The van der Waals surface area contributed by atoms with Crippen LogP contribution in [0.4, 0.5) is 0 Å². The Hall–Kier alpha value is -1.84. The number of rotatable bonds is 6. The maximum absolute atomic E-state index is 11.9. The largest absolute Gasteiger partial charge is 0.481 e. The van der Waals surface area contributed by atoms with Crippen LogP contribution < -0.4 is 0 Å². The van der Waals surface area contributed by atoms with Gasteiger partial charge in [-0.2, -0.15) is 0 Å². The minimum absolute atomic E-state index is 0.174. The molecule has 1 saturated carbocycles. The first-order valence-electron chi connectivity index (χ1n) is 7.98. The molecule has 0 saturated heterocycles. The normalized spacial score (nSPS) is 18.4. The number of carboxylic acid groups (broad SMARTS) is 1. The van der Waals surface area contributed by atoms with Crippen molar-refractivity contribution in [3.05, 3.63) is 35.9 Å². The summed E-state index contributed by atoms with van der Waals surface area (Å²) in [4.78, 5) is 23.7. The van der Waals surface area contributed by atoms with Gasteiger partial charge in [0.25, 0.3) is 0 Å². The lowest BCUT2D eigenvalue weighted by Crippen LogP contribution is -2.31. The number of hydrogen-bond donors (Lipinski definition) is 1. The van der Waals surface area contributed by atoms with Crippen LogP contribution >= 0.6 is 0 Å². The van der Waals surface area contributed by atoms with E-state index in [-0.39, 0.29) is 24.2 Å². The molecular weight excluding hydrogens is 280 g/mol. The molecule has 1 aliphatic rings. The van der Waals surface area contributed by atoms with E-state index in [0.29, 0.717) is 0 Å². The highest BCUT2D eigenvalue weighted by Crippen LogP contribution is 2.40. The third-order valence-corrected chi connectivity index (χ3v) is 4.74. The molecule has 0 radical (unpaired) electrons. The molecule has 0 spiro atoms. The smallest absolute Gasteiger partial charge is 0.311 e. The van der Waals surface area contributed by atoms with Crippen LogP contribution in [0.5, 0.6) is 0 Å². The highest BCUT2D eigenvalue weighted by Gasteiger charge is 2.37. The summed E-state index contributed by atoms with van der Waals surface area (Å²) in [6.07, 6.45) is 5.60. The fourth-order valence-corrected chi connectivity index (χ4v) is 3.63. The monoisotopic (exact) mass is 304 g/mol. The molecule has 1 aromatic rings. The Morgan fingerprint density at radius 2 is 1.82 bits per heavy atom. The lowest BCUT2D eigenvalue weighted by molar-refractivity contribution is -0.145. The van der Waals surface area contributed by atoms with Gasteiger partial charge in [-0.1, -0.05) is 62.4 Å². The number of carboxylic acids is 1. The van der Waals surface area contributed by atoms with Gasteiger partial charge in [0.2, 0.25) is 0 Å². The zero-order valence-electron chi connectivity index (χ0n) is 13.0. The van der Waals surface area contributed by atoms with Crippen LogP contribution in [0.3, 0.4) is 0 Å². The van der Waals surface area contributed by atoms with Crippen LogP contribution in [0.1, 0.15) is 50.0 Å². The first kappa shape index (κ1) is 16.5. The van der Waals surface area contributed by atoms with E-state index in [1.165, 1.54) is 13.5 Å². The average molecular weight is 304 g/mol. The summed E-state index contributed by atoms with van der Waals surface area (Å²) in [7, 11) is 1.36. The molecule has 2 atom stereocenters. The van der Waals surface area contributed by atoms with Crippen molar-refractivity contribution in [2.45, 2.75) is 44.4 Å². The van der Waals surface area contributed by atoms with Crippen molar-refractivity contribution in [1.82, 2.24) is 0 Å². The van der Waals surface area contributed by atoms with E-state index < -0.39 is 11.9 Å². The minimum atomic E-state index is -0.856. The lowest BCUT2D eigenvalue weighted by Gasteiger charge is -2.33. The number of esters is 1. The van der Waals surface area contributed by atoms with Crippen molar-refractivity contribution >= 4 is 11.9 Å². The molecule has 0 unspecified atom stereocenters. The summed E-state index contributed by atoms with van der Waals surface area (Å²) in [5.74, 6) is -1.76. The average Bonchev–Trinajstić information content (AvgIpc) is 2.55. The van der Waals surface area contributed by atoms with Gasteiger partial charge in [0.05, 0.1) is 13.0 Å². The van der Waals surface area contributed by atoms with E-state index in [2.05, 4.69) is 0 Å². The maximum atomic E-state index is 11.9. The summed E-state index contributed by atoms with van der Waals surface area (Å²) in [6.45, 7) is 0. The van der Waals surface area contributed by atoms with Gasteiger partial charge in [0.1, 0.15) is 0 Å². The van der Waals surface area contributed by atoms with Gasteiger partial charge < -0.3 is 9.84 Å². The van der Waals surface area contributed by atoms with Crippen molar-refractivity contribution in [3.63, 3.8) is 0 Å². The fourth-order valence-electron chi connectivity index (χ4n) is 3.63. The van der Waals surface area contributed by atoms with Gasteiger partial charge in [-0.05, 0) is 17.4 Å². The van der Waals surface area contributed by atoms with E-state index in [9.17, 15) is 14.7 Å². The van der Waals surface area contributed by atoms with Gasteiger partial charge in [-0.3, -0.25) is 9.59 Å². The van der Waals surface area contributed by atoms with Gasteiger partial charge in [0, 0.05) is 6.42 Å². The molecule has 0 aliphatic heterocycles. The van der Waals surface area contributed by atoms with Crippen LogP contribution in [0, 0.1) is 11.8 Å². The summed E-state index contributed by atoms with van der Waals surface area (Å²) < 4.78 is 4.81. The molecule has 2 rings (SSSR count). The van der Waals surface area contributed by atoms with E-state index in [1.54, 1.807) is 0 Å². The number of ether oxygens (including phenoxy) is 1. The van der Waals surface area contributed by atoms with Crippen molar-refractivity contribution in [3.8, 4) is 0 Å². The third-order valence-electron chi connectivity index (χ3n) is 4.74. The third kappa shape index (κ3) is 4.09. The second-order valence-electron chi connectivity index (χ2n) is 6.07. The summed E-state index contributed by atoms with van der Waals surface area (Å²) in [5.41, 5.74) is 0.773. The van der Waals surface area contributed by atoms with E-state index in [0.717, 1.165) is 31.2 Å². The Bertz CT molecular complexity index is 491. The number of hydrogen-bond acceptors (Lipinski definition) is 3. The maximum Gasteiger partial charge on any atom is 0.311 e. The van der Waals surface area contributed by atoms with Crippen LogP contribution in [0.2, 0.25) is 0 Å². The molecule has 120 valence electrons. The number of benzene rings is 1. The minimum Gasteiger partial charge on any atom is -0.481 e. The molecule has 0 bridgehead atoms. The van der Waals surface area contributed by atoms with Crippen LogP contribution in [-0.4, -0.2) is 24.2 Å². The zero-order chi connectivity index (χ0) is 15.9. The Balaban J connectivity index is 2.30. The molecule has 0 aromatic heterocycles. The molecule has 1 aromatic carbocycles. The van der Waals surface area contributed by atoms with Gasteiger partial charge in [0.15, 0.2) is 0 Å². The Labute approximate surface area is 131 Å². The lowest BCUT2D eigenvalue weighted by atomic mass is 9.70. The summed E-state index contributed by atoms with van der Waals surface area (Å²) >= 11 is 0. The van der Waals surface area contributed by atoms with Gasteiger partial charge in [-0.15, -0.1) is 0 Å². The number of carbonyl (C=O) groups is 2. The number of methoxy groups -OCH3 is 1. The Morgan fingerprint density at radius 1 is 1.18 bits per heavy atom. The van der Waals surface area contributed by atoms with Gasteiger partial charge >= 0.3 is 11.9 Å². The molecular formula is C18H24O4. The standard InChI is InChI=1S/C18H24O4/c1-22-16(19)12-15(13-8-4-2-5-9-13)17(18(20)21)14-10-6-3-7-11-14/h3,6-7,10-11,13,15,17H,2,4-5,8-9,12H2,1H3,(H,20,21)/t15-,17+/m1/s1. The molecule has 0 heterocycles. The first-order valence-corrected chi connectivity index (χ1v) is 7.98. The van der Waals surface area contributed by atoms with E-state index in [1.807, 2.05) is 30.3 Å². The molecule has 1 N–H and O–H groups in total. The summed E-state index contributed by atoms with van der Waals surface area (Å²) in [6, 6.07) is 9.25. The summed E-state index contributed by atoms with van der Waals surface area (Å²) in [5, 5.41) is 9.76. The molecule has 4 heteroatoms. The fraction of sp³-hybridized carbons (Fsp3) is 0.556. The first-order chi connectivity index (χ1) is 10.6. The number of aliphatic carboxylic acids is 1. The quantitative estimate of drug-likeness (QED) is 0.815. The SMILES string of the molecule is COC(=O)C[C@H](C1CCCCC1)[C@@H](C(=O)O)c1ccccc1. The number of carbonyl (C=O) groups excluding carboxylic acids is 1. The van der Waals surface area contributed by atoms with Crippen molar-refractivity contribution in [1.29, 1.82) is 0 Å². The van der Waals surface area contributed by atoms with E-state index in [4.69, 9.17) is 4.74 Å². The zero-order valence-corrected chi connectivity index (χ0v) is 13.0. The van der Waals surface area contributed by atoms with Crippen molar-refractivity contribution in [2.75, 3.05) is 7.11 Å². The molecule has 22 heavy (non-hydrogen) atoms. The topological polar surface area (TPSA) is 63.6 Å². The molecule has 1 fully saturated rings. The van der Waals surface area contributed by atoms with Crippen molar-refractivity contribution < 1.29 is 19.4 Å². The predicted octanol–water partition coefficient (Wildman–Crippen LogP) is 3.61. The second kappa shape index (κ2) is 7.97. The Kier molecular flexibility index (Phi) is 5.99. The van der Waals surface area contributed by atoms with Gasteiger partial charge in [-0.25, -0.2) is 0 Å². The highest BCUT2D eigenvalue weighted by molar-refractivity contribution is 5.78. The van der Waals surface area contributed by atoms with E-state index >= 15 is 0 Å². The second-order valence-corrected chi connectivity index (χ2v) is 6.07. The van der Waals surface area contributed by atoms with Crippen LogP contribution in [0.15, 0.2) is 30.3 Å². The molecule has 0 amide bonds. The highest BCUT2D eigenvalue weighted by atomic mass is 16.5. The van der Waals surface area contributed by atoms with Crippen LogP contribution in [-0.2, 0) is 14.3 Å². The molecule has 4 nitrogen and oxygen atoms in total. The predicted molar refractivity (Wildman–Crippen MR) is 83.5 cm³/mol. The van der Waals surface area contributed by atoms with Crippen molar-refractivity contribution in [2.24, 2.45) is 11.8 Å². The van der Waals surface area contributed by atoms with Crippen LogP contribution in [0.25, 0.3) is 0 Å². The molecule has 1 aliphatic carbocycles. The Morgan fingerprint density at radius 3 is 2.36 bits per heavy atom.